The highest BCUT2D eigenvalue weighted by Gasteiger charge is 1.97. The molecule has 0 rings (SSSR count). The molecule has 0 amide bonds. The number of carbonyl (C=O) groups is 1. The van der Waals surface area contributed by atoms with Crippen LogP contribution in [0.25, 0.3) is 0 Å². The van der Waals surface area contributed by atoms with Gasteiger partial charge in [0.2, 0.25) is 0 Å². The van der Waals surface area contributed by atoms with Crippen molar-refractivity contribution in [3.8, 4) is 0 Å². The molecule has 0 aromatic heterocycles. The van der Waals surface area contributed by atoms with Crippen LogP contribution in [-0.4, -0.2) is 17.1 Å². The highest BCUT2D eigenvalue weighted by Crippen LogP contribution is 2.01. The summed E-state index contributed by atoms with van der Waals surface area (Å²) in [5.41, 5.74) is 5.46. The van der Waals surface area contributed by atoms with Gasteiger partial charge in [0.05, 0.1) is 0 Å². The Bertz CT molecular complexity index is 107. The van der Waals surface area contributed by atoms with Crippen LogP contribution in [-0.2, 0) is 4.79 Å². The first-order valence-corrected chi connectivity index (χ1v) is 3.60. The SMILES string of the molecule is CC(N)CCCCC(=O)O.Cl. The number of nitrogens with two attached hydrogens (primary N) is 1. The standard InChI is InChI=1S/C7H15NO2.ClH/c1-6(8)4-2-3-5-7(9)10;/h6H,2-5,8H2,1H3,(H,9,10);1H. The average Bonchev–Trinajstić information content (AvgIpc) is 1.79. The zero-order chi connectivity index (χ0) is 7.98. The van der Waals surface area contributed by atoms with Gasteiger partial charge in [-0.05, 0) is 19.8 Å². The van der Waals surface area contributed by atoms with Crippen LogP contribution in [0, 0.1) is 0 Å². The Kier molecular flexibility index (Phi) is 9.47. The predicted molar refractivity (Wildman–Crippen MR) is 47.0 cm³/mol. The van der Waals surface area contributed by atoms with Crippen molar-refractivity contribution in [1.82, 2.24) is 0 Å². The second kappa shape index (κ2) is 7.82. The van der Waals surface area contributed by atoms with E-state index in [9.17, 15) is 4.79 Å². The highest BCUT2D eigenvalue weighted by atomic mass is 35.5. The minimum Gasteiger partial charge on any atom is -0.481 e. The summed E-state index contributed by atoms with van der Waals surface area (Å²) in [6, 6.07) is 0.203. The molecular formula is C7H16ClNO2. The molecular weight excluding hydrogens is 166 g/mol. The Balaban J connectivity index is 0. The van der Waals surface area contributed by atoms with E-state index in [1.165, 1.54) is 0 Å². The maximum absolute atomic E-state index is 10.0. The number of hydrogen-bond acceptors (Lipinski definition) is 2. The monoisotopic (exact) mass is 181 g/mol. The third-order valence-corrected chi connectivity index (χ3v) is 1.30. The third kappa shape index (κ3) is 12.8. The normalized spacial score (nSPS) is 11.8. The number of aliphatic carboxylic acids is 1. The van der Waals surface area contributed by atoms with E-state index in [0.29, 0.717) is 0 Å². The van der Waals surface area contributed by atoms with Gasteiger partial charge in [-0.2, -0.15) is 0 Å². The largest absolute Gasteiger partial charge is 0.481 e. The van der Waals surface area contributed by atoms with E-state index < -0.39 is 5.97 Å². The van der Waals surface area contributed by atoms with E-state index >= 15 is 0 Å². The van der Waals surface area contributed by atoms with Gasteiger partial charge in [-0.1, -0.05) is 6.42 Å². The van der Waals surface area contributed by atoms with Crippen molar-refractivity contribution < 1.29 is 9.90 Å². The van der Waals surface area contributed by atoms with Crippen LogP contribution in [0.3, 0.4) is 0 Å². The zero-order valence-electron chi connectivity index (χ0n) is 6.75. The first-order valence-electron chi connectivity index (χ1n) is 3.60. The Morgan fingerprint density at radius 1 is 1.55 bits per heavy atom. The van der Waals surface area contributed by atoms with E-state index in [1.54, 1.807) is 0 Å². The lowest BCUT2D eigenvalue weighted by Gasteiger charge is -2.01. The molecule has 0 aliphatic rings. The Hall–Kier alpha value is -0.280. The van der Waals surface area contributed by atoms with Crippen LogP contribution < -0.4 is 5.73 Å². The summed E-state index contributed by atoms with van der Waals surface area (Å²) in [6.07, 6.45) is 2.86. The van der Waals surface area contributed by atoms with E-state index in [-0.39, 0.29) is 24.9 Å². The summed E-state index contributed by atoms with van der Waals surface area (Å²) in [4.78, 5) is 10.0. The van der Waals surface area contributed by atoms with Crippen LogP contribution in [0.4, 0.5) is 0 Å². The molecule has 0 saturated carbocycles. The second-order valence-electron chi connectivity index (χ2n) is 2.62. The lowest BCUT2D eigenvalue weighted by atomic mass is 10.1. The van der Waals surface area contributed by atoms with Crippen LogP contribution in [0.2, 0.25) is 0 Å². The van der Waals surface area contributed by atoms with Crippen molar-refractivity contribution >= 4 is 18.4 Å². The molecule has 0 aliphatic carbocycles. The highest BCUT2D eigenvalue weighted by molar-refractivity contribution is 5.85. The molecule has 68 valence electrons. The van der Waals surface area contributed by atoms with Crippen molar-refractivity contribution in [2.75, 3.05) is 0 Å². The molecule has 0 saturated heterocycles. The van der Waals surface area contributed by atoms with Crippen LogP contribution in [0.5, 0.6) is 0 Å². The molecule has 0 spiro atoms. The fraction of sp³-hybridized carbons (Fsp3) is 0.857. The summed E-state index contributed by atoms with van der Waals surface area (Å²) in [6.45, 7) is 1.93. The Morgan fingerprint density at radius 2 is 2.09 bits per heavy atom. The van der Waals surface area contributed by atoms with Gasteiger partial charge in [-0.25, -0.2) is 0 Å². The minimum atomic E-state index is -0.718. The summed E-state index contributed by atoms with van der Waals surface area (Å²) in [7, 11) is 0. The Labute approximate surface area is 73.4 Å². The van der Waals surface area contributed by atoms with Gasteiger partial charge < -0.3 is 10.8 Å². The molecule has 0 aromatic carbocycles. The van der Waals surface area contributed by atoms with Crippen molar-refractivity contribution in [1.29, 1.82) is 0 Å². The van der Waals surface area contributed by atoms with Gasteiger partial charge >= 0.3 is 5.97 Å². The van der Waals surface area contributed by atoms with Crippen molar-refractivity contribution in [2.45, 2.75) is 38.6 Å². The molecule has 11 heavy (non-hydrogen) atoms. The molecule has 0 radical (unpaired) electrons. The molecule has 3 nitrogen and oxygen atoms in total. The predicted octanol–water partition coefficient (Wildman–Crippen LogP) is 1.40. The molecule has 0 bridgehead atoms. The number of halogens is 1. The molecule has 0 aliphatic heterocycles. The Morgan fingerprint density at radius 3 is 2.45 bits per heavy atom. The maximum atomic E-state index is 10.0. The number of hydrogen-bond donors (Lipinski definition) is 2. The van der Waals surface area contributed by atoms with E-state index in [2.05, 4.69) is 0 Å². The molecule has 4 heteroatoms. The smallest absolute Gasteiger partial charge is 0.303 e. The quantitative estimate of drug-likeness (QED) is 0.631. The number of unbranched alkanes of at least 4 members (excludes halogenated alkanes) is 1. The van der Waals surface area contributed by atoms with Gasteiger partial charge in [0.1, 0.15) is 0 Å². The van der Waals surface area contributed by atoms with Gasteiger partial charge in [-0.3, -0.25) is 4.79 Å². The van der Waals surface area contributed by atoms with Crippen molar-refractivity contribution in [2.24, 2.45) is 5.73 Å². The lowest BCUT2D eigenvalue weighted by Crippen LogP contribution is -2.14. The second-order valence-corrected chi connectivity index (χ2v) is 2.62. The van der Waals surface area contributed by atoms with Gasteiger partial charge in [0.15, 0.2) is 0 Å². The van der Waals surface area contributed by atoms with Crippen molar-refractivity contribution in [3.63, 3.8) is 0 Å². The maximum Gasteiger partial charge on any atom is 0.303 e. The number of carboxylic acids is 1. The van der Waals surface area contributed by atoms with Crippen LogP contribution >= 0.6 is 12.4 Å². The van der Waals surface area contributed by atoms with Gasteiger partial charge in [0.25, 0.3) is 0 Å². The summed E-state index contributed by atoms with van der Waals surface area (Å²) < 4.78 is 0. The fourth-order valence-electron chi connectivity index (χ4n) is 0.743. The summed E-state index contributed by atoms with van der Waals surface area (Å²) in [5, 5.41) is 8.25. The number of rotatable bonds is 5. The van der Waals surface area contributed by atoms with Crippen molar-refractivity contribution in [3.05, 3.63) is 0 Å². The molecule has 0 fully saturated rings. The van der Waals surface area contributed by atoms with Crippen LogP contribution in [0.15, 0.2) is 0 Å². The van der Waals surface area contributed by atoms with E-state index in [1.807, 2.05) is 6.92 Å². The average molecular weight is 182 g/mol. The van der Waals surface area contributed by atoms with Crippen LogP contribution in [0.1, 0.15) is 32.6 Å². The topological polar surface area (TPSA) is 63.3 Å². The third-order valence-electron chi connectivity index (χ3n) is 1.30. The molecule has 0 heterocycles. The molecule has 1 atom stereocenters. The summed E-state index contributed by atoms with van der Waals surface area (Å²) in [5.74, 6) is -0.718. The molecule has 3 N–H and O–H groups in total. The van der Waals surface area contributed by atoms with Gasteiger partial charge in [0, 0.05) is 12.5 Å². The minimum absolute atomic E-state index is 0. The first-order chi connectivity index (χ1) is 4.63. The lowest BCUT2D eigenvalue weighted by molar-refractivity contribution is -0.137. The molecule has 1 unspecified atom stereocenters. The molecule has 0 aromatic rings. The van der Waals surface area contributed by atoms with E-state index in [0.717, 1.165) is 19.3 Å². The van der Waals surface area contributed by atoms with E-state index in [4.69, 9.17) is 10.8 Å². The first kappa shape index (κ1) is 13.3. The number of carboxylic acid groups (broad SMARTS) is 1. The fourth-order valence-corrected chi connectivity index (χ4v) is 0.743. The summed E-state index contributed by atoms with van der Waals surface area (Å²) >= 11 is 0. The zero-order valence-corrected chi connectivity index (χ0v) is 7.56. The van der Waals surface area contributed by atoms with Gasteiger partial charge in [-0.15, -0.1) is 12.4 Å².